The standard InChI is InChI=1S/C26H32N4O3Si/c1-6-8-11-33-22-14-25(15-27,16-28)26(17-29,18-30)24-19(12-23(31)32-7-2)9-10-20(13-21(22)24)34(3,4)5/h12-13,24H,6-11,14H2,1-5H3/b19-12+. The molecule has 7 nitrogen and oxygen atoms in total. The third kappa shape index (κ3) is 4.79. The molecule has 1 atom stereocenters. The van der Waals surface area contributed by atoms with Crippen LogP contribution in [0.25, 0.3) is 0 Å². The lowest BCUT2D eigenvalue weighted by atomic mass is 9.51. The number of fused-ring (bicyclic) bond motifs is 1. The fourth-order valence-corrected chi connectivity index (χ4v) is 6.09. The first-order chi connectivity index (χ1) is 16.1. The number of esters is 1. The van der Waals surface area contributed by atoms with Crippen molar-refractivity contribution in [3.8, 4) is 24.3 Å². The van der Waals surface area contributed by atoms with Gasteiger partial charge in [-0.3, -0.25) is 0 Å². The summed E-state index contributed by atoms with van der Waals surface area (Å²) in [5.74, 6) is -1.07. The molecule has 1 unspecified atom stereocenters. The molecule has 0 amide bonds. The zero-order valence-electron chi connectivity index (χ0n) is 20.7. The van der Waals surface area contributed by atoms with E-state index in [2.05, 4.69) is 31.8 Å². The molecule has 2 aliphatic rings. The quantitative estimate of drug-likeness (QED) is 0.213. The molecule has 8 heteroatoms. The molecule has 0 aromatic heterocycles. The van der Waals surface area contributed by atoms with Crippen molar-refractivity contribution in [3.05, 3.63) is 34.3 Å². The summed E-state index contributed by atoms with van der Waals surface area (Å²) in [7, 11) is -1.80. The predicted octanol–water partition coefficient (Wildman–Crippen LogP) is 5.23. The van der Waals surface area contributed by atoms with Crippen LogP contribution in [0.4, 0.5) is 0 Å². The number of unbranched alkanes of at least 4 members (excludes halogenated alkanes) is 1. The average Bonchev–Trinajstić information content (AvgIpc) is 2.99. The van der Waals surface area contributed by atoms with Crippen molar-refractivity contribution in [2.24, 2.45) is 16.7 Å². The van der Waals surface area contributed by atoms with E-state index in [1.165, 1.54) is 11.3 Å². The van der Waals surface area contributed by atoms with E-state index in [0.717, 1.165) is 12.8 Å². The Morgan fingerprint density at radius 2 is 1.76 bits per heavy atom. The van der Waals surface area contributed by atoms with E-state index in [1.54, 1.807) is 6.92 Å². The minimum absolute atomic E-state index is 0.154. The summed E-state index contributed by atoms with van der Waals surface area (Å²) in [5.41, 5.74) is -2.80. The zero-order valence-corrected chi connectivity index (χ0v) is 21.7. The van der Waals surface area contributed by atoms with Crippen molar-refractivity contribution < 1.29 is 14.3 Å². The normalized spacial score (nSPS) is 22.1. The van der Waals surface area contributed by atoms with E-state index in [9.17, 15) is 25.8 Å². The first-order valence-electron chi connectivity index (χ1n) is 11.7. The number of allylic oxidation sites excluding steroid dienone is 5. The molecule has 0 aliphatic heterocycles. The van der Waals surface area contributed by atoms with Gasteiger partial charge in [-0.05, 0) is 31.8 Å². The van der Waals surface area contributed by atoms with Crippen LogP contribution < -0.4 is 0 Å². The molecule has 0 fully saturated rings. The van der Waals surface area contributed by atoms with Crippen LogP contribution in [0.5, 0.6) is 0 Å². The van der Waals surface area contributed by atoms with E-state index in [1.807, 2.05) is 25.1 Å². The van der Waals surface area contributed by atoms with Crippen LogP contribution in [0, 0.1) is 62.1 Å². The smallest absolute Gasteiger partial charge is 0.330 e. The first kappa shape index (κ1) is 26.9. The number of carbonyl (C=O) groups excluding carboxylic acids is 1. The Balaban J connectivity index is 2.97. The Hall–Kier alpha value is -3.33. The van der Waals surface area contributed by atoms with Gasteiger partial charge >= 0.3 is 5.97 Å². The number of hydrogen-bond donors (Lipinski definition) is 0. The highest BCUT2D eigenvalue weighted by atomic mass is 28.3. The van der Waals surface area contributed by atoms with E-state index >= 15 is 0 Å². The zero-order chi connectivity index (χ0) is 25.6. The van der Waals surface area contributed by atoms with Gasteiger partial charge in [0.2, 0.25) is 0 Å². The van der Waals surface area contributed by atoms with Crippen LogP contribution in [-0.2, 0) is 14.3 Å². The van der Waals surface area contributed by atoms with Crippen LogP contribution in [0.1, 0.15) is 46.0 Å². The highest BCUT2D eigenvalue weighted by molar-refractivity contribution is 6.83. The highest BCUT2D eigenvalue weighted by Gasteiger charge is 2.64. The summed E-state index contributed by atoms with van der Waals surface area (Å²) in [6, 6.07) is 8.11. The van der Waals surface area contributed by atoms with Crippen molar-refractivity contribution in [3.63, 3.8) is 0 Å². The summed E-state index contributed by atoms with van der Waals surface area (Å²) in [5, 5.41) is 42.2. The number of nitrogens with zero attached hydrogens (tertiary/aromatic N) is 4. The van der Waals surface area contributed by atoms with Crippen LogP contribution in [0.15, 0.2) is 34.3 Å². The lowest BCUT2D eigenvalue weighted by Crippen LogP contribution is -2.49. The lowest BCUT2D eigenvalue weighted by molar-refractivity contribution is -0.137. The van der Waals surface area contributed by atoms with Crippen LogP contribution in [0.2, 0.25) is 19.6 Å². The molecule has 178 valence electrons. The third-order valence-corrected chi connectivity index (χ3v) is 8.93. The molecule has 0 heterocycles. The number of rotatable bonds is 7. The molecule has 0 N–H and O–H groups in total. The molecule has 0 spiro atoms. The molecule has 0 aromatic rings. The second-order valence-electron chi connectivity index (χ2n) is 9.74. The molecule has 0 bridgehead atoms. The maximum atomic E-state index is 12.5. The maximum absolute atomic E-state index is 12.5. The minimum Gasteiger partial charge on any atom is -0.498 e. The maximum Gasteiger partial charge on any atom is 0.330 e. The van der Waals surface area contributed by atoms with E-state index in [-0.39, 0.29) is 13.0 Å². The van der Waals surface area contributed by atoms with Gasteiger partial charge in [-0.15, -0.1) is 0 Å². The third-order valence-electron chi connectivity index (χ3n) is 6.61. The number of nitriles is 4. The molecule has 0 saturated heterocycles. The van der Waals surface area contributed by atoms with Crippen LogP contribution >= 0.6 is 0 Å². The van der Waals surface area contributed by atoms with Gasteiger partial charge in [0.1, 0.15) is 5.76 Å². The topological polar surface area (TPSA) is 131 Å². The Morgan fingerprint density at radius 1 is 1.12 bits per heavy atom. The largest absolute Gasteiger partial charge is 0.498 e. The molecule has 34 heavy (non-hydrogen) atoms. The first-order valence-corrected chi connectivity index (χ1v) is 15.2. The number of hydrogen-bond acceptors (Lipinski definition) is 7. The van der Waals surface area contributed by atoms with Crippen LogP contribution in [0.3, 0.4) is 0 Å². The molecule has 0 radical (unpaired) electrons. The number of carbonyl (C=O) groups is 1. The Kier molecular flexibility index (Phi) is 8.49. The Labute approximate surface area is 203 Å². The van der Waals surface area contributed by atoms with Crippen molar-refractivity contribution in [1.82, 2.24) is 0 Å². The number of ether oxygens (including phenoxy) is 2. The second-order valence-corrected chi connectivity index (χ2v) is 14.9. The minimum atomic E-state index is -2.01. The average molecular weight is 477 g/mol. The fourth-order valence-electron chi connectivity index (χ4n) is 4.63. The summed E-state index contributed by atoms with van der Waals surface area (Å²) >= 11 is 0. The van der Waals surface area contributed by atoms with Crippen molar-refractivity contribution in [1.29, 1.82) is 21.0 Å². The Morgan fingerprint density at radius 3 is 2.26 bits per heavy atom. The highest BCUT2D eigenvalue weighted by Crippen LogP contribution is 2.59. The molecule has 2 aliphatic carbocycles. The van der Waals surface area contributed by atoms with Gasteiger partial charge in [-0.25, -0.2) is 4.79 Å². The fraction of sp³-hybridized carbons (Fsp3) is 0.577. The van der Waals surface area contributed by atoms with Gasteiger partial charge in [-0.1, -0.05) is 49.8 Å². The van der Waals surface area contributed by atoms with Crippen molar-refractivity contribution in [2.75, 3.05) is 13.2 Å². The Bertz CT molecular complexity index is 1060. The van der Waals surface area contributed by atoms with Gasteiger partial charge in [0.15, 0.2) is 10.8 Å². The van der Waals surface area contributed by atoms with Crippen molar-refractivity contribution in [2.45, 2.75) is 65.6 Å². The van der Waals surface area contributed by atoms with Crippen LogP contribution in [-0.4, -0.2) is 27.3 Å². The molecular formula is C26H32N4O3Si. The summed E-state index contributed by atoms with van der Waals surface area (Å²) in [6.45, 7) is 11.0. The second kappa shape index (κ2) is 10.7. The molecule has 2 rings (SSSR count). The van der Waals surface area contributed by atoms with E-state index in [4.69, 9.17) is 9.47 Å². The van der Waals surface area contributed by atoms with E-state index < -0.39 is 30.8 Å². The van der Waals surface area contributed by atoms with Gasteiger partial charge in [-0.2, -0.15) is 21.0 Å². The monoisotopic (exact) mass is 476 g/mol. The molecular weight excluding hydrogens is 444 g/mol. The van der Waals surface area contributed by atoms with Gasteiger partial charge in [0, 0.05) is 18.4 Å². The van der Waals surface area contributed by atoms with Gasteiger partial charge in [0.05, 0.1) is 45.6 Å². The molecule has 0 aromatic carbocycles. The van der Waals surface area contributed by atoms with Gasteiger partial charge in [0.25, 0.3) is 0 Å². The summed E-state index contributed by atoms with van der Waals surface area (Å²) in [4.78, 5) is 12.5. The summed E-state index contributed by atoms with van der Waals surface area (Å²) < 4.78 is 11.3. The molecule has 0 saturated carbocycles. The summed E-state index contributed by atoms with van der Waals surface area (Å²) in [6.07, 6.45) is 5.97. The SMILES string of the molecule is CCCCOC1=C2C=C([Si](C)(C)C)CC/C(=C\C(=O)OCC)C2C(C#N)(C#N)C(C#N)(C#N)C1. The lowest BCUT2D eigenvalue weighted by Gasteiger charge is -2.43. The van der Waals surface area contributed by atoms with Crippen molar-refractivity contribution >= 4 is 14.0 Å². The predicted molar refractivity (Wildman–Crippen MR) is 129 cm³/mol. The van der Waals surface area contributed by atoms with E-state index in [0.29, 0.717) is 36.4 Å². The van der Waals surface area contributed by atoms with Gasteiger partial charge < -0.3 is 9.47 Å².